The fraction of sp³-hybridized carbons (Fsp3) is 0.421. The molecule has 2 N–H and O–H groups in total. The Morgan fingerprint density at radius 2 is 2.00 bits per heavy atom. The molecule has 128 valence electrons. The first-order valence-electron chi connectivity index (χ1n) is 8.09. The zero-order valence-electron chi connectivity index (χ0n) is 14.1. The first-order chi connectivity index (χ1) is 11.3. The van der Waals surface area contributed by atoms with E-state index in [2.05, 4.69) is 18.8 Å². The van der Waals surface area contributed by atoms with Crippen molar-refractivity contribution in [3.05, 3.63) is 47.4 Å². The zero-order chi connectivity index (χ0) is 17.5. The molecule has 0 amide bonds. The SMILES string of the molecule is CC[C@@]1(C)COc2c1cc([C@@](C)(O)CO)nc2-c1ccc(F)cc1. The molecule has 0 unspecified atom stereocenters. The topological polar surface area (TPSA) is 62.6 Å². The normalized spacial score (nSPS) is 21.9. The molecule has 1 aliphatic heterocycles. The Morgan fingerprint density at radius 1 is 1.33 bits per heavy atom. The van der Waals surface area contributed by atoms with Gasteiger partial charge in [0.15, 0.2) is 0 Å². The summed E-state index contributed by atoms with van der Waals surface area (Å²) in [6.07, 6.45) is 0.869. The summed E-state index contributed by atoms with van der Waals surface area (Å²) in [4.78, 5) is 4.53. The number of fused-ring (bicyclic) bond motifs is 1. The van der Waals surface area contributed by atoms with E-state index in [4.69, 9.17) is 4.74 Å². The molecule has 0 bridgehead atoms. The molecule has 0 radical (unpaired) electrons. The molecule has 2 aromatic rings. The van der Waals surface area contributed by atoms with E-state index < -0.39 is 12.2 Å². The van der Waals surface area contributed by atoms with Crippen LogP contribution < -0.4 is 4.74 Å². The Bertz CT molecular complexity index is 758. The van der Waals surface area contributed by atoms with Crippen LogP contribution in [0.15, 0.2) is 30.3 Å². The maximum absolute atomic E-state index is 13.3. The van der Waals surface area contributed by atoms with Crippen LogP contribution in [0.2, 0.25) is 0 Å². The van der Waals surface area contributed by atoms with Crippen LogP contribution in [0.4, 0.5) is 4.39 Å². The molecule has 1 aliphatic rings. The van der Waals surface area contributed by atoms with Crippen molar-refractivity contribution in [2.45, 2.75) is 38.2 Å². The van der Waals surface area contributed by atoms with Crippen LogP contribution in [0.3, 0.4) is 0 Å². The second-order valence-electron chi connectivity index (χ2n) is 6.87. The number of nitrogens with zero attached hydrogens (tertiary/aromatic N) is 1. The molecule has 3 rings (SSSR count). The van der Waals surface area contributed by atoms with Gasteiger partial charge in [-0.3, -0.25) is 0 Å². The molecule has 0 saturated carbocycles. The number of aromatic nitrogens is 1. The van der Waals surface area contributed by atoms with Crippen molar-refractivity contribution in [2.24, 2.45) is 0 Å². The van der Waals surface area contributed by atoms with E-state index in [9.17, 15) is 14.6 Å². The maximum atomic E-state index is 13.3. The second kappa shape index (κ2) is 5.83. The van der Waals surface area contributed by atoms with Gasteiger partial charge in [0.2, 0.25) is 0 Å². The smallest absolute Gasteiger partial charge is 0.149 e. The van der Waals surface area contributed by atoms with Gasteiger partial charge < -0.3 is 14.9 Å². The van der Waals surface area contributed by atoms with Gasteiger partial charge in [-0.1, -0.05) is 13.8 Å². The van der Waals surface area contributed by atoms with Gasteiger partial charge in [0.05, 0.1) is 18.9 Å². The van der Waals surface area contributed by atoms with E-state index in [0.29, 0.717) is 29.3 Å². The Labute approximate surface area is 140 Å². The highest BCUT2D eigenvalue weighted by Crippen LogP contribution is 2.46. The average molecular weight is 331 g/mol. The number of halogens is 1. The van der Waals surface area contributed by atoms with Gasteiger partial charge in [-0.15, -0.1) is 0 Å². The van der Waals surface area contributed by atoms with Gasteiger partial charge in [-0.05, 0) is 43.7 Å². The lowest BCUT2D eigenvalue weighted by Gasteiger charge is -2.25. The second-order valence-corrected chi connectivity index (χ2v) is 6.87. The summed E-state index contributed by atoms with van der Waals surface area (Å²) in [5.74, 6) is 0.344. The summed E-state index contributed by atoms with van der Waals surface area (Å²) in [5.41, 5.74) is 0.974. The molecule has 4 nitrogen and oxygen atoms in total. The summed E-state index contributed by atoms with van der Waals surface area (Å²) in [6.45, 7) is 5.80. The van der Waals surface area contributed by atoms with Gasteiger partial charge in [0.1, 0.15) is 22.9 Å². The highest BCUT2D eigenvalue weighted by atomic mass is 19.1. The molecule has 5 heteroatoms. The highest BCUT2D eigenvalue weighted by Gasteiger charge is 2.39. The third-order valence-electron chi connectivity index (χ3n) is 4.92. The molecule has 1 aromatic heterocycles. The van der Waals surface area contributed by atoms with Gasteiger partial charge in [-0.25, -0.2) is 9.37 Å². The largest absolute Gasteiger partial charge is 0.490 e. The number of ether oxygens (including phenoxy) is 1. The number of benzene rings is 1. The Morgan fingerprint density at radius 3 is 2.58 bits per heavy atom. The average Bonchev–Trinajstić information content (AvgIpc) is 2.93. The Hall–Kier alpha value is -1.98. The van der Waals surface area contributed by atoms with Crippen LogP contribution in [0.25, 0.3) is 11.3 Å². The van der Waals surface area contributed by atoms with Crippen molar-refractivity contribution in [1.29, 1.82) is 0 Å². The molecule has 0 saturated heterocycles. The number of hydrogen-bond donors (Lipinski definition) is 2. The maximum Gasteiger partial charge on any atom is 0.149 e. The summed E-state index contributed by atoms with van der Waals surface area (Å²) < 4.78 is 19.2. The van der Waals surface area contributed by atoms with Crippen LogP contribution in [0.1, 0.15) is 38.4 Å². The minimum atomic E-state index is -1.46. The summed E-state index contributed by atoms with van der Waals surface area (Å²) in [6, 6.07) is 7.83. The van der Waals surface area contributed by atoms with Crippen LogP contribution in [0.5, 0.6) is 5.75 Å². The number of rotatable bonds is 4. The summed E-state index contributed by atoms with van der Waals surface area (Å²) >= 11 is 0. The van der Waals surface area contributed by atoms with Gasteiger partial charge >= 0.3 is 0 Å². The molecule has 2 heterocycles. The van der Waals surface area contributed by atoms with E-state index >= 15 is 0 Å². The minimum Gasteiger partial charge on any atom is -0.490 e. The van der Waals surface area contributed by atoms with Crippen molar-refractivity contribution in [2.75, 3.05) is 13.2 Å². The lowest BCUT2D eigenvalue weighted by molar-refractivity contribution is -0.00586. The molecule has 0 fully saturated rings. The van der Waals surface area contributed by atoms with E-state index in [-0.39, 0.29) is 11.2 Å². The predicted molar refractivity (Wildman–Crippen MR) is 89.4 cm³/mol. The van der Waals surface area contributed by atoms with Crippen molar-refractivity contribution in [1.82, 2.24) is 4.98 Å². The fourth-order valence-electron chi connectivity index (χ4n) is 2.89. The van der Waals surface area contributed by atoms with Crippen molar-refractivity contribution in [3.8, 4) is 17.0 Å². The van der Waals surface area contributed by atoms with E-state index in [1.807, 2.05) is 6.07 Å². The monoisotopic (exact) mass is 331 g/mol. The molecule has 2 atom stereocenters. The minimum absolute atomic E-state index is 0.187. The highest BCUT2D eigenvalue weighted by molar-refractivity contribution is 5.70. The fourth-order valence-corrected chi connectivity index (χ4v) is 2.89. The van der Waals surface area contributed by atoms with Crippen LogP contribution in [0, 0.1) is 5.82 Å². The van der Waals surface area contributed by atoms with Crippen LogP contribution in [-0.4, -0.2) is 28.4 Å². The molecule has 24 heavy (non-hydrogen) atoms. The number of aliphatic hydroxyl groups is 2. The third kappa shape index (κ3) is 2.68. The first kappa shape index (κ1) is 16.9. The zero-order valence-corrected chi connectivity index (χ0v) is 14.1. The van der Waals surface area contributed by atoms with Crippen molar-refractivity contribution >= 4 is 0 Å². The van der Waals surface area contributed by atoms with Crippen molar-refractivity contribution in [3.63, 3.8) is 0 Å². The standard InChI is InChI=1S/C19H22FNO3/c1-4-18(2)11-24-17-14(18)9-15(19(3,23)10-22)21-16(17)12-5-7-13(20)8-6-12/h5-9,22-23H,4,10-11H2,1-3H3/t18-,19-/m0/s1. The summed E-state index contributed by atoms with van der Waals surface area (Å²) in [5, 5.41) is 20.0. The lowest BCUT2D eigenvalue weighted by atomic mass is 9.80. The van der Waals surface area contributed by atoms with E-state index in [0.717, 1.165) is 12.0 Å². The van der Waals surface area contributed by atoms with Crippen molar-refractivity contribution < 1.29 is 19.3 Å². The van der Waals surface area contributed by atoms with Crippen LogP contribution in [-0.2, 0) is 11.0 Å². The Kier molecular flexibility index (Phi) is 4.10. The number of aliphatic hydroxyl groups excluding tert-OH is 1. The van der Waals surface area contributed by atoms with E-state index in [1.54, 1.807) is 12.1 Å². The lowest BCUT2D eigenvalue weighted by Crippen LogP contribution is -2.28. The Balaban J connectivity index is 2.25. The summed E-state index contributed by atoms with van der Waals surface area (Å²) in [7, 11) is 0. The van der Waals surface area contributed by atoms with Gasteiger partial charge in [-0.2, -0.15) is 0 Å². The third-order valence-corrected chi connectivity index (χ3v) is 4.92. The molecular weight excluding hydrogens is 309 g/mol. The molecular formula is C19H22FNO3. The van der Waals surface area contributed by atoms with E-state index in [1.165, 1.54) is 19.1 Å². The predicted octanol–water partition coefficient (Wildman–Crippen LogP) is 3.15. The molecule has 0 aliphatic carbocycles. The van der Waals surface area contributed by atoms with Gasteiger partial charge in [0.25, 0.3) is 0 Å². The van der Waals surface area contributed by atoms with Gasteiger partial charge in [0, 0.05) is 16.5 Å². The number of hydrogen-bond acceptors (Lipinski definition) is 4. The number of pyridine rings is 1. The molecule has 1 aromatic carbocycles. The molecule has 0 spiro atoms. The van der Waals surface area contributed by atoms with Crippen LogP contribution >= 0.6 is 0 Å². The quantitative estimate of drug-likeness (QED) is 0.903. The first-order valence-corrected chi connectivity index (χ1v) is 8.09.